The number of hydrogen-bond donors (Lipinski definition) is 1. The predicted octanol–water partition coefficient (Wildman–Crippen LogP) is 1.63. The molecule has 1 unspecified atom stereocenters. The van der Waals surface area contributed by atoms with Crippen molar-refractivity contribution in [3.63, 3.8) is 0 Å². The molecular weight excluding hydrogens is 285 g/mol. The second-order valence-corrected chi connectivity index (χ2v) is 5.06. The third-order valence-corrected chi connectivity index (χ3v) is 3.57. The number of amides is 1. The molecule has 1 N–H and O–H groups in total. The first-order valence-corrected chi connectivity index (χ1v) is 6.78. The van der Waals surface area contributed by atoms with Crippen LogP contribution in [-0.2, 0) is 4.79 Å². The summed E-state index contributed by atoms with van der Waals surface area (Å²) in [5, 5.41) is 3.08. The summed E-state index contributed by atoms with van der Waals surface area (Å²) in [5.41, 5.74) is 0. The van der Waals surface area contributed by atoms with Crippen molar-refractivity contribution in [2.75, 3.05) is 46.8 Å². The van der Waals surface area contributed by atoms with Crippen molar-refractivity contribution < 1.29 is 4.79 Å². The number of nitrogens with one attached hydrogen (secondary N) is 1. The lowest BCUT2D eigenvalue weighted by molar-refractivity contribution is -0.130. The van der Waals surface area contributed by atoms with Gasteiger partial charge in [-0.3, -0.25) is 4.79 Å². The minimum Gasteiger partial charge on any atom is -0.342 e. The third kappa shape index (κ3) is 7.98. The van der Waals surface area contributed by atoms with Crippen LogP contribution in [0, 0.1) is 5.92 Å². The van der Waals surface area contributed by atoms with Crippen molar-refractivity contribution in [3.05, 3.63) is 0 Å². The fraction of sp³-hybridized carbons (Fsp3) is 0.923. The largest absolute Gasteiger partial charge is 0.342 e. The van der Waals surface area contributed by atoms with Gasteiger partial charge in [-0.05, 0) is 45.9 Å². The Morgan fingerprint density at radius 3 is 2.68 bits per heavy atom. The average Bonchev–Trinajstić information content (AvgIpc) is 2.77. The van der Waals surface area contributed by atoms with Gasteiger partial charge < -0.3 is 15.1 Å². The number of hydrogen-bond acceptors (Lipinski definition) is 3. The van der Waals surface area contributed by atoms with Crippen molar-refractivity contribution >= 4 is 30.7 Å². The van der Waals surface area contributed by atoms with Gasteiger partial charge in [-0.2, -0.15) is 0 Å². The van der Waals surface area contributed by atoms with Crippen LogP contribution in [0.3, 0.4) is 0 Å². The normalized spacial score (nSPS) is 18.1. The maximum Gasteiger partial charge on any atom is 0.222 e. The van der Waals surface area contributed by atoms with E-state index in [0.29, 0.717) is 18.2 Å². The van der Waals surface area contributed by atoms with Gasteiger partial charge in [-0.15, -0.1) is 24.8 Å². The van der Waals surface area contributed by atoms with Gasteiger partial charge in [0.2, 0.25) is 5.91 Å². The highest BCUT2D eigenvalue weighted by atomic mass is 35.5. The van der Waals surface area contributed by atoms with Crippen LogP contribution in [0.25, 0.3) is 0 Å². The van der Waals surface area contributed by atoms with E-state index in [-0.39, 0.29) is 24.8 Å². The second kappa shape index (κ2) is 11.8. The van der Waals surface area contributed by atoms with Crippen molar-refractivity contribution in [1.29, 1.82) is 0 Å². The third-order valence-electron chi connectivity index (χ3n) is 3.57. The van der Waals surface area contributed by atoms with E-state index in [1.54, 1.807) is 0 Å². The van der Waals surface area contributed by atoms with Crippen LogP contribution >= 0.6 is 24.8 Å². The molecule has 1 fully saturated rings. The molecule has 1 saturated heterocycles. The monoisotopic (exact) mass is 313 g/mol. The Bertz CT molecular complexity index is 242. The number of carbonyl (C=O) groups is 1. The molecule has 0 aliphatic carbocycles. The van der Waals surface area contributed by atoms with E-state index in [0.717, 1.165) is 39.1 Å². The van der Waals surface area contributed by atoms with Crippen LogP contribution in [0.2, 0.25) is 0 Å². The minimum atomic E-state index is 0. The highest BCUT2D eigenvalue weighted by Crippen LogP contribution is 2.18. The van der Waals surface area contributed by atoms with Gasteiger partial charge in [0.1, 0.15) is 0 Å². The molecule has 1 aliphatic heterocycles. The Morgan fingerprint density at radius 1 is 1.42 bits per heavy atom. The molecule has 0 radical (unpaired) electrons. The van der Waals surface area contributed by atoms with Crippen LogP contribution in [0.15, 0.2) is 0 Å². The van der Waals surface area contributed by atoms with Crippen LogP contribution in [-0.4, -0.2) is 62.5 Å². The lowest BCUT2D eigenvalue weighted by Crippen LogP contribution is -2.31. The maximum absolute atomic E-state index is 11.9. The first kappa shape index (κ1) is 21.3. The fourth-order valence-electron chi connectivity index (χ4n) is 2.35. The lowest BCUT2D eigenvalue weighted by atomic mass is 10.1. The topological polar surface area (TPSA) is 35.6 Å². The van der Waals surface area contributed by atoms with Gasteiger partial charge >= 0.3 is 0 Å². The van der Waals surface area contributed by atoms with E-state index in [1.165, 1.54) is 6.42 Å². The molecule has 1 rings (SSSR count). The van der Waals surface area contributed by atoms with Crippen LogP contribution in [0.1, 0.15) is 26.2 Å². The Labute approximate surface area is 130 Å². The molecular formula is C13H29Cl2N3O. The number of halogens is 2. The summed E-state index contributed by atoms with van der Waals surface area (Å²) in [6, 6.07) is 0. The fourth-order valence-corrected chi connectivity index (χ4v) is 2.35. The van der Waals surface area contributed by atoms with E-state index in [2.05, 4.69) is 24.2 Å². The van der Waals surface area contributed by atoms with Crippen molar-refractivity contribution in [2.45, 2.75) is 26.2 Å². The summed E-state index contributed by atoms with van der Waals surface area (Å²) >= 11 is 0. The van der Waals surface area contributed by atoms with Gasteiger partial charge in [-0.25, -0.2) is 0 Å². The first-order valence-electron chi connectivity index (χ1n) is 6.78. The average molecular weight is 314 g/mol. The smallest absolute Gasteiger partial charge is 0.222 e. The van der Waals surface area contributed by atoms with E-state index >= 15 is 0 Å². The molecule has 1 amide bonds. The molecule has 1 heterocycles. The molecule has 0 aromatic heterocycles. The second-order valence-electron chi connectivity index (χ2n) is 5.06. The predicted molar refractivity (Wildman–Crippen MR) is 85.5 cm³/mol. The van der Waals surface area contributed by atoms with E-state index in [9.17, 15) is 4.79 Å². The summed E-state index contributed by atoms with van der Waals surface area (Å²) in [6.07, 6.45) is 2.81. The zero-order valence-electron chi connectivity index (χ0n) is 12.4. The quantitative estimate of drug-likeness (QED) is 0.726. The molecule has 116 valence electrons. The maximum atomic E-state index is 11.9. The highest BCUT2D eigenvalue weighted by molar-refractivity contribution is 5.85. The molecule has 6 heteroatoms. The molecule has 0 aromatic carbocycles. The Balaban J connectivity index is 0. The van der Waals surface area contributed by atoms with Gasteiger partial charge in [-0.1, -0.05) is 6.92 Å². The van der Waals surface area contributed by atoms with E-state index in [1.807, 2.05) is 11.9 Å². The molecule has 0 spiro atoms. The minimum absolute atomic E-state index is 0. The summed E-state index contributed by atoms with van der Waals surface area (Å²) in [7, 11) is 4.08. The van der Waals surface area contributed by atoms with Gasteiger partial charge in [0.15, 0.2) is 0 Å². The summed E-state index contributed by atoms with van der Waals surface area (Å²) in [6.45, 7) is 7.24. The van der Waals surface area contributed by atoms with Gasteiger partial charge in [0.05, 0.1) is 0 Å². The molecule has 0 bridgehead atoms. The zero-order valence-corrected chi connectivity index (χ0v) is 14.0. The summed E-state index contributed by atoms with van der Waals surface area (Å²) in [4.78, 5) is 16.3. The van der Waals surface area contributed by atoms with Crippen LogP contribution in [0.5, 0.6) is 0 Å². The van der Waals surface area contributed by atoms with Gasteiger partial charge in [0, 0.05) is 26.1 Å². The molecule has 0 aromatic rings. The summed E-state index contributed by atoms with van der Waals surface area (Å²) < 4.78 is 0. The first-order chi connectivity index (χ1) is 8.17. The molecule has 19 heavy (non-hydrogen) atoms. The molecule has 1 aliphatic rings. The number of carbonyl (C=O) groups excluding carboxylic acids is 1. The van der Waals surface area contributed by atoms with Gasteiger partial charge in [0.25, 0.3) is 0 Å². The van der Waals surface area contributed by atoms with Crippen molar-refractivity contribution in [2.24, 2.45) is 5.92 Å². The molecule has 0 saturated carbocycles. The van der Waals surface area contributed by atoms with E-state index < -0.39 is 0 Å². The van der Waals surface area contributed by atoms with Crippen LogP contribution < -0.4 is 5.32 Å². The SMILES string of the molecule is CCN(C)CC1CCN(C(=O)CCCNC)C1.Cl.Cl. The molecule has 1 atom stereocenters. The number of rotatable bonds is 7. The summed E-state index contributed by atoms with van der Waals surface area (Å²) in [5.74, 6) is 1.01. The Kier molecular flexibility index (Phi) is 13.2. The number of nitrogens with zero attached hydrogens (tertiary/aromatic N) is 2. The highest BCUT2D eigenvalue weighted by Gasteiger charge is 2.26. The molecule has 4 nitrogen and oxygen atoms in total. The lowest BCUT2D eigenvalue weighted by Gasteiger charge is -2.20. The standard InChI is InChI=1S/C13H27N3O.2ClH/c1-4-15(3)10-12-7-9-16(11-12)13(17)6-5-8-14-2;;/h12,14H,4-11H2,1-3H3;2*1H. The Hall–Kier alpha value is -0.0300. The Morgan fingerprint density at radius 2 is 2.11 bits per heavy atom. The van der Waals surface area contributed by atoms with Crippen molar-refractivity contribution in [3.8, 4) is 0 Å². The number of likely N-dealkylation sites (tertiary alicyclic amines) is 1. The van der Waals surface area contributed by atoms with Crippen molar-refractivity contribution in [1.82, 2.24) is 15.1 Å². The van der Waals surface area contributed by atoms with Crippen LogP contribution in [0.4, 0.5) is 0 Å². The van der Waals surface area contributed by atoms with E-state index in [4.69, 9.17) is 0 Å². The zero-order chi connectivity index (χ0) is 12.7.